The lowest BCUT2D eigenvalue weighted by atomic mass is 9.94. The molecule has 0 amide bonds. The van der Waals surface area contributed by atoms with Crippen LogP contribution in [-0.2, 0) is 0 Å². The molecule has 0 unspecified atom stereocenters. The molecule has 46 heavy (non-hydrogen) atoms. The maximum Gasteiger partial charge on any atom is 0.0788 e. The Hall–Kier alpha value is -5.77. The molecule has 2 nitrogen and oxygen atoms in total. The summed E-state index contributed by atoms with van der Waals surface area (Å²) in [5.74, 6) is 0. The van der Waals surface area contributed by atoms with Gasteiger partial charge in [0, 0.05) is 58.2 Å². The van der Waals surface area contributed by atoms with Crippen molar-refractivity contribution >= 4 is 75.0 Å². The quantitative estimate of drug-likeness (QED) is 0.184. The van der Waals surface area contributed by atoms with Gasteiger partial charge in [-0.2, -0.15) is 0 Å². The molecule has 0 saturated heterocycles. The third-order valence-corrected chi connectivity index (χ3v) is 10.5. The largest absolute Gasteiger partial charge is 0.309 e. The number of fused-ring (bicyclic) bond motifs is 10. The number of para-hydroxylation sites is 3. The summed E-state index contributed by atoms with van der Waals surface area (Å²) in [6.45, 7) is 0. The summed E-state index contributed by atoms with van der Waals surface area (Å²) in [7, 11) is 0. The molecular weight excluding hydrogens is 577 g/mol. The van der Waals surface area contributed by atoms with E-state index in [1.807, 2.05) is 11.3 Å². The van der Waals surface area contributed by atoms with Crippen LogP contribution in [-0.4, -0.2) is 9.55 Å². The molecule has 214 valence electrons. The standard InChI is InChI=1S/C43H26N2S/c1-2-12-27(13-3-1)43-34-24-25-40-42(33-17-7-11-21-39(33)46-40)41(34)32-23-22-28(26-35(32)44-43)29-14-4-8-18-36(29)45-37-19-9-5-15-30(37)31-16-6-10-20-38(31)45/h1-26H. The number of rotatable bonds is 3. The van der Waals surface area contributed by atoms with E-state index >= 15 is 0 Å². The van der Waals surface area contributed by atoms with E-state index in [1.165, 1.54) is 63.7 Å². The predicted molar refractivity (Wildman–Crippen MR) is 197 cm³/mol. The van der Waals surface area contributed by atoms with Crippen molar-refractivity contribution in [1.29, 1.82) is 0 Å². The van der Waals surface area contributed by atoms with Crippen molar-refractivity contribution in [3.05, 3.63) is 158 Å². The number of nitrogens with zero attached hydrogens (tertiary/aromatic N) is 2. The minimum Gasteiger partial charge on any atom is -0.309 e. The predicted octanol–water partition coefficient (Wildman–Crippen LogP) is 12.2. The van der Waals surface area contributed by atoms with Crippen LogP contribution in [0.4, 0.5) is 0 Å². The Kier molecular flexibility index (Phi) is 5.48. The first-order valence-electron chi connectivity index (χ1n) is 15.6. The Balaban J connectivity index is 1.29. The average molecular weight is 603 g/mol. The average Bonchev–Trinajstić information content (AvgIpc) is 3.67. The highest BCUT2D eigenvalue weighted by atomic mass is 32.1. The normalized spacial score (nSPS) is 11.9. The highest BCUT2D eigenvalue weighted by molar-refractivity contribution is 7.26. The second-order valence-electron chi connectivity index (χ2n) is 11.9. The van der Waals surface area contributed by atoms with E-state index in [1.54, 1.807) is 0 Å². The van der Waals surface area contributed by atoms with Crippen LogP contribution < -0.4 is 0 Å². The Labute approximate surface area is 269 Å². The monoisotopic (exact) mass is 602 g/mol. The van der Waals surface area contributed by atoms with E-state index in [0.717, 1.165) is 28.0 Å². The van der Waals surface area contributed by atoms with Gasteiger partial charge in [-0.3, -0.25) is 0 Å². The molecule has 3 heterocycles. The zero-order chi connectivity index (χ0) is 30.2. The first-order chi connectivity index (χ1) is 22.8. The molecule has 0 radical (unpaired) electrons. The number of benzene rings is 7. The molecule has 10 aromatic rings. The van der Waals surface area contributed by atoms with Gasteiger partial charge in [0.05, 0.1) is 27.9 Å². The molecule has 0 saturated carbocycles. The summed E-state index contributed by atoms with van der Waals surface area (Å²) in [5, 5.41) is 8.80. The zero-order valence-electron chi connectivity index (χ0n) is 24.8. The molecule has 0 fully saturated rings. The lowest BCUT2D eigenvalue weighted by molar-refractivity contribution is 1.18. The summed E-state index contributed by atoms with van der Waals surface area (Å²) in [6, 6.07) is 57.0. The van der Waals surface area contributed by atoms with Crippen LogP contribution in [0.2, 0.25) is 0 Å². The lowest BCUT2D eigenvalue weighted by Gasteiger charge is -2.16. The first kappa shape index (κ1) is 25.5. The number of hydrogen-bond donors (Lipinski definition) is 0. The summed E-state index contributed by atoms with van der Waals surface area (Å²) in [6.07, 6.45) is 0. The second-order valence-corrected chi connectivity index (χ2v) is 13.0. The van der Waals surface area contributed by atoms with Gasteiger partial charge in [-0.05, 0) is 42.0 Å². The summed E-state index contributed by atoms with van der Waals surface area (Å²) >= 11 is 1.87. The van der Waals surface area contributed by atoms with Crippen molar-refractivity contribution in [2.24, 2.45) is 0 Å². The highest BCUT2D eigenvalue weighted by Gasteiger charge is 2.19. The minimum absolute atomic E-state index is 1.00. The number of hydrogen-bond acceptors (Lipinski definition) is 2. The third-order valence-electron chi connectivity index (χ3n) is 9.38. The summed E-state index contributed by atoms with van der Waals surface area (Å²) in [4.78, 5) is 5.42. The van der Waals surface area contributed by atoms with E-state index < -0.39 is 0 Å². The van der Waals surface area contributed by atoms with Gasteiger partial charge in [-0.25, -0.2) is 4.98 Å². The number of aromatic nitrogens is 2. The van der Waals surface area contributed by atoms with Crippen LogP contribution in [0.1, 0.15) is 0 Å². The fraction of sp³-hybridized carbons (Fsp3) is 0. The van der Waals surface area contributed by atoms with Crippen molar-refractivity contribution < 1.29 is 0 Å². The van der Waals surface area contributed by atoms with Crippen molar-refractivity contribution in [2.75, 3.05) is 0 Å². The first-order valence-corrected chi connectivity index (χ1v) is 16.5. The van der Waals surface area contributed by atoms with Crippen LogP contribution in [0.5, 0.6) is 0 Å². The molecule has 3 aromatic heterocycles. The SMILES string of the molecule is c1ccc(-c2nc3cc(-c4ccccc4-n4c5ccccc5c5ccccc54)ccc3c3c2ccc2sc4ccccc4c23)cc1. The minimum atomic E-state index is 1.00. The van der Waals surface area contributed by atoms with Gasteiger partial charge in [0.1, 0.15) is 0 Å². The van der Waals surface area contributed by atoms with Crippen LogP contribution in [0, 0.1) is 0 Å². The van der Waals surface area contributed by atoms with Gasteiger partial charge in [-0.1, -0.05) is 121 Å². The van der Waals surface area contributed by atoms with E-state index in [2.05, 4.69) is 162 Å². The van der Waals surface area contributed by atoms with Gasteiger partial charge >= 0.3 is 0 Å². The third kappa shape index (κ3) is 3.67. The topological polar surface area (TPSA) is 17.8 Å². The molecule has 3 heteroatoms. The molecule has 0 aliphatic carbocycles. The van der Waals surface area contributed by atoms with Crippen LogP contribution in [0.15, 0.2) is 158 Å². The molecular formula is C43H26N2S. The van der Waals surface area contributed by atoms with Crippen molar-refractivity contribution in [3.63, 3.8) is 0 Å². The Morgan fingerprint density at radius 3 is 1.89 bits per heavy atom. The lowest BCUT2D eigenvalue weighted by Crippen LogP contribution is -1.97. The Morgan fingerprint density at radius 1 is 0.435 bits per heavy atom. The van der Waals surface area contributed by atoms with Crippen LogP contribution in [0.3, 0.4) is 0 Å². The Bertz CT molecular complexity index is 2750. The van der Waals surface area contributed by atoms with Crippen LogP contribution in [0.25, 0.3) is 91.7 Å². The van der Waals surface area contributed by atoms with Crippen LogP contribution >= 0.6 is 11.3 Å². The smallest absolute Gasteiger partial charge is 0.0788 e. The molecule has 7 aromatic carbocycles. The van der Waals surface area contributed by atoms with E-state index in [-0.39, 0.29) is 0 Å². The fourth-order valence-electron chi connectivity index (χ4n) is 7.39. The second kappa shape index (κ2) is 9.87. The van der Waals surface area contributed by atoms with E-state index in [9.17, 15) is 0 Å². The zero-order valence-corrected chi connectivity index (χ0v) is 25.6. The molecule has 0 bridgehead atoms. The van der Waals surface area contributed by atoms with Gasteiger partial charge in [0.2, 0.25) is 0 Å². The van der Waals surface area contributed by atoms with Gasteiger partial charge in [-0.15, -0.1) is 11.3 Å². The van der Waals surface area contributed by atoms with Gasteiger partial charge in [0.15, 0.2) is 0 Å². The highest BCUT2D eigenvalue weighted by Crippen LogP contribution is 2.44. The van der Waals surface area contributed by atoms with Gasteiger partial charge < -0.3 is 4.57 Å². The maximum absolute atomic E-state index is 5.42. The summed E-state index contributed by atoms with van der Waals surface area (Å²) in [5.41, 5.74) is 9.06. The van der Waals surface area contributed by atoms with Crippen molar-refractivity contribution in [2.45, 2.75) is 0 Å². The molecule has 0 N–H and O–H groups in total. The molecule has 10 rings (SSSR count). The number of pyridine rings is 1. The Morgan fingerprint density at radius 2 is 1.09 bits per heavy atom. The van der Waals surface area contributed by atoms with Gasteiger partial charge in [0.25, 0.3) is 0 Å². The fourth-order valence-corrected chi connectivity index (χ4v) is 8.50. The van der Waals surface area contributed by atoms with Crippen molar-refractivity contribution in [3.8, 4) is 28.1 Å². The van der Waals surface area contributed by atoms with Crippen molar-refractivity contribution in [1.82, 2.24) is 9.55 Å². The molecule has 0 aliphatic heterocycles. The molecule has 0 atom stereocenters. The summed E-state index contributed by atoms with van der Waals surface area (Å²) < 4.78 is 5.03. The molecule has 0 spiro atoms. The molecule has 0 aliphatic rings. The maximum atomic E-state index is 5.42. The number of thiophene rings is 1. The van der Waals surface area contributed by atoms with E-state index in [0.29, 0.717) is 0 Å². The van der Waals surface area contributed by atoms with E-state index in [4.69, 9.17) is 4.98 Å².